The van der Waals surface area contributed by atoms with Gasteiger partial charge in [-0.05, 0) is 38.0 Å². The van der Waals surface area contributed by atoms with Gasteiger partial charge in [0, 0.05) is 5.92 Å². The van der Waals surface area contributed by atoms with Crippen LogP contribution in [0.25, 0.3) is 0 Å². The van der Waals surface area contributed by atoms with Gasteiger partial charge in [0.15, 0.2) is 11.7 Å². The van der Waals surface area contributed by atoms with Gasteiger partial charge in [0.1, 0.15) is 0 Å². The predicted molar refractivity (Wildman–Crippen MR) is 53.5 cm³/mol. The Kier molecular flexibility index (Phi) is 1.42. The quantitative estimate of drug-likeness (QED) is 0.584. The number of hydrogen-bond donors (Lipinski definition) is 0. The monoisotopic (exact) mass is 190 g/mol. The molecule has 3 unspecified atom stereocenters. The molecule has 1 fully saturated rings. The van der Waals surface area contributed by atoms with Crippen molar-refractivity contribution >= 4 is 0 Å². The zero-order valence-corrected chi connectivity index (χ0v) is 8.49. The predicted octanol–water partition coefficient (Wildman–Crippen LogP) is 2.54. The van der Waals surface area contributed by atoms with Crippen LogP contribution < -0.4 is 0 Å². The molecule has 3 aliphatic rings. The van der Waals surface area contributed by atoms with E-state index in [-0.39, 0.29) is 11.7 Å². The van der Waals surface area contributed by atoms with E-state index in [0.717, 1.165) is 12.2 Å². The molecule has 0 spiro atoms. The third-order valence-corrected chi connectivity index (χ3v) is 3.52. The highest BCUT2D eigenvalue weighted by atomic mass is 16.6. The highest BCUT2D eigenvalue weighted by Gasteiger charge is 2.60. The third-order valence-electron chi connectivity index (χ3n) is 3.52. The van der Waals surface area contributed by atoms with E-state index in [0.29, 0.717) is 5.92 Å². The molecule has 0 amide bonds. The summed E-state index contributed by atoms with van der Waals surface area (Å²) < 4.78 is 11.5. The second-order valence-corrected chi connectivity index (χ2v) is 4.40. The van der Waals surface area contributed by atoms with E-state index in [4.69, 9.17) is 9.47 Å². The number of rotatable bonds is 0. The topological polar surface area (TPSA) is 18.5 Å². The highest BCUT2D eigenvalue weighted by molar-refractivity contribution is 5.39. The lowest BCUT2D eigenvalue weighted by atomic mass is 9.60. The molecular weight excluding hydrogens is 176 g/mol. The SMILES string of the molecule is CC1=CCC2C3=CC=COC3C2(C)O1. The smallest absolute Gasteiger partial charge is 0.159 e. The lowest BCUT2D eigenvalue weighted by Crippen LogP contribution is -2.63. The molecule has 2 aliphatic heterocycles. The van der Waals surface area contributed by atoms with Crippen molar-refractivity contribution in [2.24, 2.45) is 5.92 Å². The van der Waals surface area contributed by atoms with E-state index in [9.17, 15) is 0 Å². The first-order chi connectivity index (χ1) is 6.72. The average Bonchev–Trinajstić information content (AvgIpc) is 2.17. The Balaban J connectivity index is 1.98. The average molecular weight is 190 g/mol. The molecule has 74 valence electrons. The normalized spacial score (nSPS) is 43.3. The first-order valence-corrected chi connectivity index (χ1v) is 5.09. The Labute approximate surface area is 83.9 Å². The summed E-state index contributed by atoms with van der Waals surface area (Å²) in [7, 11) is 0. The van der Waals surface area contributed by atoms with E-state index >= 15 is 0 Å². The van der Waals surface area contributed by atoms with Crippen molar-refractivity contribution in [3.05, 3.63) is 35.8 Å². The molecule has 0 aromatic carbocycles. The van der Waals surface area contributed by atoms with Crippen LogP contribution in [0, 0.1) is 5.92 Å². The van der Waals surface area contributed by atoms with Gasteiger partial charge in [-0.1, -0.05) is 6.08 Å². The van der Waals surface area contributed by atoms with Crippen LogP contribution in [0.5, 0.6) is 0 Å². The first-order valence-electron chi connectivity index (χ1n) is 5.09. The van der Waals surface area contributed by atoms with E-state index in [1.54, 1.807) is 6.26 Å². The van der Waals surface area contributed by atoms with E-state index in [2.05, 4.69) is 19.1 Å². The molecule has 1 aliphatic carbocycles. The molecular formula is C12H14O2. The third kappa shape index (κ3) is 0.813. The number of fused-ring (bicyclic) bond motifs is 4. The van der Waals surface area contributed by atoms with Gasteiger partial charge < -0.3 is 9.47 Å². The van der Waals surface area contributed by atoms with Gasteiger partial charge in [0.2, 0.25) is 0 Å². The van der Waals surface area contributed by atoms with E-state index < -0.39 is 0 Å². The van der Waals surface area contributed by atoms with Crippen LogP contribution in [0.2, 0.25) is 0 Å². The first kappa shape index (κ1) is 8.16. The second kappa shape index (κ2) is 2.44. The van der Waals surface area contributed by atoms with Gasteiger partial charge in [-0.3, -0.25) is 0 Å². The maximum absolute atomic E-state index is 5.90. The summed E-state index contributed by atoms with van der Waals surface area (Å²) in [5, 5.41) is 0. The molecule has 0 N–H and O–H groups in total. The summed E-state index contributed by atoms with van der Waals surface area (Å²) in [4.78, 5) is 0. The van der Waals surface area contributed by atoms with Crippen molar-refractivity contribution in [1.29, 1.82) is 0 Å². The molecule has 2 nitrogen and oxygen atoms in total. The minimum Gasteiger partial charge on any atom is -0.489 e. The highest BCUT2D eigenvalue weighted by Crippen LogP contribution is 2.54. The molecule has 0 saturated heterocycles. The van der Waals surface area contributed by atoms with Crippen LogP contribution in [0.1, 0.15) is 20.3 Å². The molecule has 2 heteroatoms. The maximum Gasteiger partial charge on any atom is 0.159 e. The van der Waals surface area contributed by atoms with Gasteiger partial charge in [0.05, 0.1) is 12.0 Å². The summed E-state index contributed by atoms with van der Waals surface area (Å²) in [5.41, 5.74) is 1.26. The van der Waals surface area contributed by atoms with Gasteiger partial charge in [-0.2, -0.15) is 0 Å². The molecule has 0 radical (unpaired) electrons. The summed E-state index contributed by atoms with van der Waals surface area (Å²) in [6.07, 6.45) is 9.28. The molecule has 1 saturated carbocycles. The van der Waals surface area contributed by atoms with Gasteiger partial charge in [-0.25, -0.2) is 0 Å². The van der Waals surface area contributed by atoms with Crippen molar-refractivity contribution in [3.8, 4) is 0 Å². The van der Waals surface area contributed by atoms with Crippen molar-refractivity contribution in [2.75, 3.05) is 0 Å². The van der Waals surface area contributed by atoms with Crippen molar-refractivity contribution in [3.63, 3.8) is 0 Å². The number of ether oxygens (including phenoxy) is 2. The Morgan fingerprint density at radius 1 is 1.50 bits per heavy atom. The molecule has 3 atom stereocenters. The minimum atomic E-state index is -0.130. The van der Waals surface area contributed by atoms with Gasteiger partial charge in [0.25, 0.3) is 0 Å². The molecule has 2 heterocycles. The van der Waals surface area contributed by atoms with E-state index in [1.807, 2.05) is 13.0 Å². The zero-order valence-electron chi connectivity index (χ0n) is 8.49. The lowest BCUT2D eigenvalue weighted by molar-refractivity contribution is -0.159. The van der Waals surface area contributed by atoms with Gasteiger partial charge >= 0.3 is 0 Å². The fourth-order valence-corrected chi connectivity index (χ4v) is 2.79. The standard InChI is InChI=1S/C12H14O2/c1-8-5-6-10-9-4-3-7-13-11(9)12(10,2)14-8/h3-5,7,10-11H,6H2,1-2H3. The summed E-state index contributed by atoms with van der Waals surface area (Å²) in [6.45, 7) is 4.16. The molecule has 0 bridgehead atoms. The summed E-state index contributed by atoms with van der Waals surface area (Å²) in [5.74, 6) is 1.54. The van der Waals surface area contributed by atoms with Crippen LogP contribution in [-0.2, 0) is 9.47 Å². The molecule has 14 heavy (non-hydrogen) atoms. The van der Waals surface area contributed by atoms with E-state index in [1.165, 1.54) is 5.57 Å². The van der Waals surface area contributed by atoms with Gasteiger partial charge in [-0.15, -0.1) is 0 Å². The van der Waals surface area contributed by atoms with Crippen LogP contribution in [0.4, 0.5) is 0 Å². The van der Waals surface area contributed by atoms with Crippen LogP contribution >= 0.6 is 0 Å². The zero-order chi connectivity index (χ0) is 9.76. The minimum absolute atomic E-state index is 0.130. The number of allylic oxidation sites excluding steroid dienone is 4. The fraction of sp³-hybridized carbons (Fsp3) is 0.500. The van der Waals surface area contributed by atoms with Crippen molar-refractivity contribution in [1.82, 2.24) is 0 Å². The Morgan fingerprint density at radius 3 is 3.21 bits per heavy atom. The fourth-order valence-electron chi connectivity index (χ4n) is 2.79. The summed E-state index contributed by atoms with van der Waals surface area (Å²) in [6, 6.07) is 0. The van der Waals surface area contributed by atoms with Crippen LogP contribution in [0.3, 0.4) is 0 Å². The molecule has 3 rings (SSSR count). The second-order valence-electron chi connectivity index (χ2n) is 4.40. The Morgan fingerprint density at radius 2 is 2.36 bits per heavy atom. The maximum atomic E-state index is 5.90. The molecule has 0 aromatic rings. The largest absolute Gasteiger partial charge is 0.489 e. The Hall–Kier alpha value is -1.18. The van der Waals surface area contributed by atoms with Crippen LogP contribution in [0.15, 0.2) is 35.8 Å². The Bertz CT molecular complexity index is 365. The lowest BCUT2D eigenvalue weighted by Gasteiger charge is -2.56. The van der Waals surface area contributed by atoms with Crippen molar-refractivity contribution in [2.45, 2.75) is 32.0 Å². The number of hydrogen-bond acceptors (Lipinski definition) is 2. The molecule has 0 aromatic heterocycles. The summed E-state index contributed by atoms with van der Waals surface area (Å²) >= 11 is 0. The van der Waals surface area contributed by atoms with Crippen molar-refractivity contribution < 1.29 is 9.47 Å². The van der Waals surface area contributed by atoms with Crippen LogP contribution in [-0.4, -0.2) is 11.7 Å².